The van der Waals surface area contributed by atoms with Crippen LogP contribution in [0.25, 0.3) is 0 Å². The van der Waals surface area contributed by atoms with Crippen LogP contribution < -0.4 is 0 Å². The summed E-state index contributed by atoms with van der Waals surface area (Å²) in [6.07, 6.45) is 3.85. The Morgan fingerprint density at radius 1 is 1.05 bits per heavy atom. The Hall–Kier alpha value is -0.160. The third-order valence-electron chi connectivity index (χ3n) is 5.99. The highest BCUT2D eigenvalue weighted by Crippen LogP contribution is 2.56. The summed E-state index contributed by atoms with van der Waals surface area (Å²) < 4.78 is 12.2. The van der Waals surface area contributed by atoms with E-state index in [1.807, 2.05) is 0 Å². The van der Waals surface area contributed by atoms with E-state index in [1.165, 1.54) is 6.42 Å². The van der Waals surface area contributed by atoms with Crippen molar-refractivity contribution >= 4 is 0 Å². The van der Waals surface area contributed by atoms with Gasteiger partial charge in [-0.3, -0.25) is 5.26 Å². The zero-order chi connectivity index (χ0) is 14.5. The summed E-state index contributed by atoms with van der Waals surface area (Å²) in [5.41, 5.74) is -0.901. The molecular formula is C16H28O4. The summed E-state index contributed by atoms with van der Waals surface area (Å²) in [6, 6.07) is 0. The molecule has 2 aliphatic heterocycles. The summed E-state index contributed by atoms with van der Waals surface area (Å²) in [5.74, 6) is 1.56. The predicted molar refractivity (Wildman–Crippen MR) is 75.1 cm³/mol. The fourth-order valence-electron chi connectivity index (χ4n) is 4.82. The number of hydrogen-bond acceptors (Lipinski definition) is 4. The molecule has 4 heteroatoms. The first-order valence-electron chi connectivity index (χ1n) is 8.02. The topological polar surface area (TPSA) is 47.9 Å². The van der Waals surface area contributed by atoms with E-state index in [1.54, 1.807) is 0 Å². The van der Waals surface area contributed by atoms with Crippen molar-refractivity contribution in [2.24, 2.45) is 23.7 Å². The molecule has 2 unspecified atom stereocenters. The van der Waals surface area contributed by atoms with Crippen molar-refractivity contribution in [1.82, 2.24) is 0 Å². The molecule has 0 spiro atoms. The first kappa shape index (κ1) is 14.8. The molecule has 1 saturated carbocycles. The number of rotatable bonds is 1. The third-order valence-corrected chi connectivity index (χ3v) is 5.99. The first-order chi connectivity index (χ1) is 9.40. The van der Waals surface area contributed by atoms with Crippen LogP contribution in [0.15, 0.2) is 0 Å². The molecule has 116 valence electrons. The van der Waals surface area contributed by atoms with Crippen LogP contribution in [0.4, 0.5) is 0 Å². The molecule has 2 heterocycles. The van der Waals surface area contributed by atoms with Gasteiger partial charge in [-0.1, -0.05) is 13.8 Å². The second kappa shape index (κ2) is 4.94. The standard InChI is InChI=1S/C16H28O4/c1-10-5-6-12-11(2)9-18-14-16(12,20-17)13(10)7-8-15(3,4)19-14/h10-14,17H,5-9H2,1-4H3/t10-,11?,12?,13+,14-,16+/m1/s1. The highest BCUT2D eigenvalue weighted by Gasteiger charge is 2.63. The number of ether oxygens (including phenoxy) is 2. The van der Waals surface area contributed by atoms with Crippen LogP contribution >= 0.6 is 0 Å². The maximum Gasteiger partial charge on any atom is 0.190 e. The minimum atomic E-state index is -0.677. The van der Waals surface area contributed by atoms with E-state index in [4.69, 9.17) is 14.4 Å². The summed E-state index contributed by atoms with van der Waals surface area (Å²) in [7, 11) is 0. The van der Waals surface area contributed by atoms with E-state index >= 15 is 0 Å². The zero-order valence-corrected chi connectivity index (χ0v) is 13.1. The minimum Gasteiger partial charge on any atom is -0.349 e. The summed E-state index contributed by atoms with van der Waals surface area (Å²) in [6.45, 7) is 9.38. The molecule has 0 bridgehead atoms. The molecule has 0 aromatic rings. The zero-order valence-electron chi connectivity index (χ0n) is 13.1. The van der Waals surface area contributed by atoms with Crippen molar-refractivity contribution in [1.29, 1.82) is 0 Å². The van der Waals surface area contributed by atoms with Crippen LogP contribution in [0.5, 0.6) is 0 Å². The van der Waals surface area contributed by atoms with Gasteiger partial charge in [0.15, 0.2) is 11.9 Å². The Labute approximate surface area is 121 Å². The second-order valence-electron chi connectivity index (χ2n) is 7.77. The van der Waals surface area contributed by atoms with Crippen LogP contribution in [-0.4, -0.2) is 29.4 Å². The first-order valence-corrected chi connectivity index (χ1v) is 8.02. The van der Waals surface area contributed by atoms with Gasteiger partial charge in [0.05, 0.1) is 12.2 Å². The van der Waals surface area contributed by atoms with Gasteiger partial charge in [0.25, 0.3) is 0 Å². The van der Waals surface area contributed by atoms with Gasteiger partial charge in [-0.15, -0.1) is 0 Å². The van der Waals surface area contributed by atoms with E-state index in [9.17, 15) is 5.26 Å². The van der Waals surface area contributed by atoms with E-state index < -0.39 is 11.9 Å². The van der Waals surface area contributed by atoms with Gasteiger partial charge in [0, 0.05) is 5.92 Å². The largest absolute Gasteiger partial charge is 0.349 e. The monoisotopic (exact) mass is 284 g/mol. The highest BCUT2D eigenvalue weighted by molar-refractivity contribution is 5.07. The molecule has 3 rings (SSSR count). The molecule has 1 aliphatic carbocycles. The van der Waals surface area contributed by atoms with Crippen LogP contribution in [-0.2, 0) is 14.4 Å². The molecule has 0 amide bonds. The Morgan fingerprint density at radius 2 is 1.75 bits per heavy atom. The molecule has 0 aromatic carbocycles. The SMILES string of the molecule is CC1CO[C@@H]2OC(C)(C)CC[C@H]3[C@H](C)CCC1[C@@]23OO. The highest BCUT2D eigenvalue weighted by atomic mass is 17.1. The van der Waals surface area contributed by atoms with E-state index in [0.29, 0.717) is 30.3 Å². The molecule has 6 atom stereocenters. The lowest BCUT2D eigenvalue weighted by atomic mass is 9.58. The van der Waals surface area contributed by atoms with Crippen molar-refractivity contribution in [2.75, 3.05) is 6.61 Å². The molecule has 2 saturated heterocycles. The van der Waals surface area contributed by atoms with Crippen molar-refractivity contribution < 1.29 is 19.6 Å². The Balaban J connectivity index is 2.04. The van der Waals surface area contributed by atoms with Crippen LogP contribution in [0.3, 0.4) is 0 Å². The summed E-state index contributed by atoms with van der Waals surface area (Å²) >= 11 is 0. The van der Waals surface area contributed by atoms with Gasteiger partial charge >= 0.3 is 0 Å². The third kappa shape index (κ3) is 2.04. The van der Waals surface area contributed by atoms with Gasteiger partial charge in [0.1, 0.15) is 0 Å². The second-order valence-corrected chi connectivity index (χ2v) is 7.77. The lowest BCUT2D eigenvalue weighted by molar-refractivity contribution is -0.439. The van der Waals surface area contributed by atoms with Crippen LogP contribution in [0.2, 0.25) is 0 Å². The summed E-state index contributed by atoms with van der Waals surface area (Å²) in [4.78, 5) is 5.21. The fourth-order valence-corrected chi connectivity index (χ4v) is 4.82. The van der Waals surface area contributed by atoms with Crippen LogP contribution in [0.1, 0.15) is 53.4 Å². The lowest BCUT2D eigenvalue weighted by Crippen LogP contribution is -2.65. The Kier molecular flexibility index (Phi) is 3.65. The van der Waals surface area contributed by atoms with E-state index in [2.05, 4.69) is 27.7 Å². The van der Waals surface area contributed by atoms with Gasteiger partial charge in [0.2, 0.25) is 0 Å². The normalized spacial score (nSPS) is 51.1. The van der Waals surface area contributed by atoms with Gasteiger partial charge in [-0.05, 0) is 57.3 Å². The Bertz CT molecular complexity index is 369. The van der Waals surface area contributed by atoms with Crippen molar-refractivity contribution in [3.8, 4) is 0 Å². The predicted octanol–water partition coefficient (Wildman–Crippen LogP) is 3.46. The average molecular weight is 284 g/mol. The minimum absolute atomic E-state index is 0.224. The van der Waals surface area contributed by atoms with Gasteiger partial charge < -0.3 is 9.47 Å². The van der Waals surface area contributed by atoms with Crippen LogP contribution in [0, 0.1) is 23.7 Å². The van der Waals surface area contributed by atoms with Crippen molar-refractivity contribution in [3.05, 3.63) is 0 Å². The summed E-state index contributed by atoms with van der Waals surface area (Å²) in [5, 5.41) is 9.85. The van der Waals surface area contributed by atoms with Crippen molar-refractivity contribution in [2.45, 2.75) is 70.9 Å². The van der Waals surface area contributed by atoms with E-state index in [-0.39, 0.29) is 5.60 Å². The molecule has 3 aliphatic rings. The quantitative estimate of drug-likeness (QED) is 0.592. The van der Waals surface area contributed by atoms with Crippen molar-refractivity contribution in [3.63, 3.8) is 0 Å². The Morgan fingerprint density at radius 3 is 2.45 bits per heavy atom. The molecule has 1 N–H and O–H groups in total. The van der Waals surface area contributed by atoms with Gasteiger partial charge in [-0.2, -0.15) is 0 Å². The maximum absolute atomic E-state index is 9.85. The molecule has 4 nitrogen and oxygen atoms in total. The van der Waals surface area contributed by atoms with E-state index in [0.717, 1.165) is 19.3 Å². The molecule has 3 fully saturated rings. The molecular weight excluding hydrogens is 256 g/mol. The maximum atomic E-state index is 9.85. The molecule has 0 aromatic heterocycles. The average Bonchev–Trinajstić information content (AvgIpc) is 2.51. The molecule has 20 heavy (non-hydrogen) atoms. The van der Waals surface area contributed by atoms with Gasteiger partial charge in [-0.25, -0.2) is 4.89 Å². The lowest BCUT2D eigenvalue weighted by Gasteiger charge is -2.56. The number of hydrogen-bond donors (Lipinski definition) is 1. The molecule has 0 radical (unpaired) electrons. The smallest absolute Gasteiger partial charge is 0.190 e. The fraction of sp³-hybridized carbons (Fsp3) is 1.00.